The smallest absolute Gasteiger partial charge is 0.0985 e. The molecule has 2 rings (SSSR count). The van der Waals surface area contributed by atoms with Gasteiger partial charge in [0.1, 0.15) is 0 Å². The molecule has 1 aromatic heterocycles. The lowest BCUT2D eigenvalue weighted by Gasteiger charge is -2.20. The number of aromatic nitrogens is 1. The highest BCUT2D eigenvalue weighted by molar-refractivity contribution is 7.09. The molecule has 0 aromatic carbocycles. The number of thiazole rings is 1. The Morgan fingerprint density at radius 3 is 2.94 bits per heavy atom. The van der Waals surface area contributed by atoms with Crippen molar-refractivity contribution in [1.29, 1.82) is 0 Å². The van der Waals surface area contributed by atoms with E-state index in [0.29, 0.717) is 5.92 Å². The standard InChI is InChI=1S/C13H23N3S/c1-13(2,5-6-14)12-15-11(9-17-12)10-4-7-16(3)8-10/h9-10H,4-8,14H2,1-3H3. The van der Waals surface area contributed by atoms with Crippen LogP contribution in [-0.2, 0) is 5.41 Å². The summed E-state index contributed by atoms with van der Waals surface area (Å²) in [5.74, 6) is 0.638. The van der Waals surface area contributed by atoms with Crippen LogP contribution in [-0.4, -0.2) is 36.6 Å². The molecular weight excluding hydrogens is 230 g/mol. The summed E-state index contributed by atoms with van der Waals surface area (Å²) in [5.41, 5.74) is 7.09. The molecule has 1 unspecified atom stereocenters. The molecule has 0 spiro atoms. The maximum atomic E-state index is 5.67. The van der Waals surface area contributed by atoms with Crippen molar-refractivity contribution in [3.05, 3.63) is 16.1 Å². The second kappa shape index (κ2) is 5.04. The molecule has 3 nitrogen and oxygen atoms in total. The number of likely N-dealkylation sites (N-methyl/N-ethyl adjacent to an activating group) is 1. The van der Waals surface area contributed by atoms with E-state index < -0.39 is 0 Å². The van der Waals surface area contributed by atoms with E-state index in [1.54, 1.807) is 11.3 Å². The largest absolute Gasteiger partial charge is 0.330 e. The van der Waals surface area contributed by atoms with Crippen LogP contribution >= 0.6 is 11.3 Å². The average Bonchev–Trinajstić information content (AvgIpc) is 2.85. The maximum absolute atomic E-state index is 5.67. The molecular formula is C13H23N3S. The van der Waals surface area contributed by atoms with E-state index in [9.17, 15) is 0 Å². The van der Waals surface area contributed by atoms with E-state index in [2.05, 4.69) is 31.2 Å². The second-order valence-corrected chi connectivity index (χ2v) is 6.61. The average molecular weight is 253 g/mol. The Kier molecular flexibility index (Phi) is 3.85. The lowest BCUT2D eigenvalue weighted by atomic mass is 9.90. The minimum Gasteiger partial charge on any atom is -0.330 e. The van der Waals surface area contributed by atoms with Gasteiger partial charge in [-0.05, 0) is 33.0 Å². The van der Waals surface area contributed by atoms with Crippen LogP contribution in [0, 0.1) is 0 Å². The normalized spacial score (nSPS) is 22.2. The zero-order valence-corrected chi connectivity index (χ0v) is 11.9. The molecule has 17 heavy (non-hydrogen) atoms. The van der Waals surface area contributed by atoms with Crippen LogP contribution in [0.2, 0.25) is 0 Å². The molecule has 4 heteroatoms. The SMILES string of the molecule is CN1CCC(c2csc(C(C)(C)CCN)n2)C1. The summed E-state index contributed by atoms with van der Waals surface area (Å²) >= 11 is 1.80. The van der Waals surface area contributed by atoms with Gasteiger partial charge in [-0.15, -0.1) is 11.3 Å². The van der Waals surface area contributed by atoms with Crippen molar-refractivity contribution >= 4 is 11.3 Å². The molecule has 96 valence electrons. The van der Waals surface area contributed by atoms with Crippen LogP contribution < -0.4 is 5.73 Å². The van der Waals surface area contributed by atoms with Crippen LogP contribution in [0.4, 0.5) is 0 Å². The lowest BCUT2D eigenvalue weighted by molar-refractivity contribution is 0.410. The van der Waals surface area contributed by atoms with Gasteiger partial charge in [0.25, 0.3) is 0 Å². The summed E-state index contributed by atoms with van der Waals surface area (Å²) in [6.07, 6.45) is 2.25. The number of nitrogens with two attached hydrogens (primary N) is 1. The number of likely N-dealkylation sites (tertiary alicyclic amines) is 1. The Hall–Kier alpha value is -0.450. The van der Waals surface area contributed by atoms with Crippen LogP contribution in [0.25, 0.3) is 0 Å². The molecule has 2 heterocycles. The molecule has 0 aliphatic carbocycles. The minimum atomic E-state index is 0.127. The third-order valence-corrected chi connectivity index (χ3v) is 4.91. The molecule has 1 aromatic rings. The fourth-order valence-electron chi connectivity index (χ4n) is 2.43. The summed E-state index contributed by atoms with van der Waals surface area (Å²) in [6, 6.07) is 0. The summed E-state index contributed by atoms with van der Waals surface area (Å²) in [7, 11) is 2.19. The molecule has 0 amide bonds. The summed E-state index contributed by atoms with van der Waals surface area (Å²) in [4.78, 5) is 7.24. The van der Waals surface area contributed by atoms with E-state index in [1.165, 1.54) is 23.7 Å². The van der Waals surface area contributed by atoms with Crippen molar-refractivity contribution in [1.82, 2.24) is 9.88 Å². The Bertz CT molecular complexity index is 372. The molecule has 1 saturated heterocycles. The topological polar surface area (TPSA) is 42.1 Å². The molecule has 1 atom stereocenters. The van der Waals surface area contributed by atoms with Crippen LogP contribution in [0.3, 0.4) is 0 Å². The second-order valence-electron chi connectivity index (χ2n) is 5.75. The van der Waals surface area contributed by atoms with Gasteiger partial charge in [0.2, 0.25) is 0 Å². The van der Waals surface area contributed by atoms with E-state index in [1.807, 2.05) is 0 Å². The molecule has 1 aliphatic rings. The zero-order chi connectivity index (χ0) is 12.5. The monoisotopic (exact) mass is 253 g/mol. The third kappa shape index (κ3) is 2.87. The summed E-state index contributed by atoms with van der Waals surface area (Å²) in [6.45, 7) is 7.56. The van der Waals surface area contributed by atoms with Gasteiger partial charge < -0.3 is 10.6 Å². The molecule has 2 N–H and O–H groups in total. The van der Waals surface area contributed by atoms with Crippen molar-refractivity contribution in [2.75, 3.05) is 26.7 Å². The first kappa shape index (κ1) is 13.0. The first-order valence-electron chi connectivity index (χ1n) is 6.37. The van der Waals surface area contributed by atoms with Gasteiger partial charge in [-0.25, -0.2) is 4.98 Å². The van der Waals surface area contributed by atoms with Gasteiger partial charge in [-0.3, -0.25) is 0 Å². The minimum absolute atomic E-state index is 0.127. The Balaban J connectivity index is 2.10. The quantitative estimate of drug-likeness (QED) is 0.894. The fourth-order valence-corrected chi connectivity index (χ4v) is 3.49. The number of hydrogen-bond acceptors (Lipinski definition) is 4. The number of nitrogens with zero attached hydrogens (tertiary/aromatic N) is 2. The van der Waals surface area contributed by atoms with E-state index >= 15 is 0 Å². The number of hydrogen-bond donors (Lipinski definition) is 1. The molecule has 1 fully saturated rings. The molecule has 0 saturated carbocycles. The van der Waals surface area contributed by atoms with Crippen LogP contribution in [0.1, 0.15) is 43.3 Å². The van der Waals surface area contributed by atoms with E-state index in [0.717, 1.165) is 19.5 Å². The van der Waals surface area contributed by atoms with Gasteiger partial charge in [0.05, 0.1) is 10.7 Å². The first-order chi connectivity index (χ1) is 8.03. The predicted molar refractivity (Wildman–Crippen MR) is 73.7 cm³/mol. The van der Waals surface area contributed by atoms with E-state index in [4.69, 9.17) is 10.7 Å². The van der Waals surface area contributed by atoms with Crippen LogP contribution in [0.5, 0.6) is 0 Å². The Labute approximate surface area is 108 Å². The highest BCUT2D eigenvalue weighted by Gasteiger charge is 2.27. The molecule has 0 bridgehead atoms. The highest BCUT2D eigenvalue weighted by atomic mass is 32.1. The van der Waals surface area contributed by atoms with Crippen molar-refractivity contribution < 1.29 is 0 Å². The van der Waals surface area contributed by atoms with Crippen molar-refractivity contribution in [3.63, 3.8) is 0 Å². The molecule has 1 aliphatic heterocycles. The maximum Gasteiger partial charge on any atom is 0.0985 e. The lowest BCUT2D eigenvalue weighted by Crippen LogP contribution is -2.21. The van der Waals surface area contributed by atoms with Gasteiger partial charge in [-0.1, -0.05) is 13.8 Å². The summed E-state index contributed by atoms with van der Waals surface area (Å²) in [5, 5.41) is 3.49. The van der Waals surface area contributed by atoms with Crippen molar-refractivity contribution in [2.45, 2.75) is 38.0 Å². The number of rotatable bonds is 4. The first-order valence-corrected chi connectivity index (χ1v) is 7.25. The zero-order valence-electron chi connectivity index (χ0n) is 11.1. The van der Waals surface area contributed by atoms with Gasteiger partial charge >= 0.3 is 0 Å². The van der Waals surface area contributed by atoms with Crippen molar-refractivity contribution in [3.8, 4) is 0 Å². The molecule has 0 radical (unpaired) electrons. The van der Waals surface area contributed by atoms with Gasteiger partial charge in [0.15, 0.2) is 0 Å². The third-order valence-electron chi connectivity index (χ3n) is 3.68. The van der Waals surface area contributed by atoms with Crippen molar-refractivity contribution in [2.24, 2.45) is 5.73 Å². The van der Waals surface area contributed by atoms with Gasteiger partial charge in [-0.2, -0.15) is 0 Å². The van der Waals surface area contributed by atoms with E-state index in [-0.39, 0.29) is 5.41 Å². The van der Waals surface area contributed by atoms with Crippen LogP contribution in [0.15, 0.2) is 5.38 Å². The predicted octanol–water partition coefficient (Wildman–Crippen LogP) is 2.19. The highest BCUT2D eigenvalue weighted by Crippen LogP contribution is 2.33. The Morgan fingerprint density at radius 1 is 1.59 bits per heavy atom. The summed E-state index contributed by atoms with van der Waals surface area (Å²) < 4.78 is 0. The Morgan fingerprint density at radius 2 is 2.35 bits per heavy atom. The van der Waals surface area contributed by atoms with Gasteiger partial charge in [0, 0.05) is 23.3 Å². The fraction of sp³-hybridized carbons (Fsp3) is 0.769.